The van der Waals surface area contributed by atoms with Crippen LogP contribution in [0, 0.1) is 0 Å². The molecule has 2 aromatic rings. The molecule has 0 saturated carbocycles. The Hall–Kier alpha value is -2.30. The van der Waals surface area contributed by atoms with Gasteiger partial charge in [-0.1, -0.05) is 31.9 Å². The molecule has 1 heterocycles. The number of aromatic amines is 2. The number of nitrogens with one attached hydrogen (secondary N) is 3. The Morgan fingerprint density at radius 1 is 1.05 bits per heavy atom. The number of H-pyrrole nitrogens is 2. The highest BCUT2D eigenvalue weighted by Gasteiger charge is 1.99. The highest BCUT2D eigenvalue weighted by molar-refractivity contribution is 5.55. The van der Waals surface area contributed by atoms with Gasteiger partial charge in [0.15, 0.2) is 0 Å². The smallest absolute Gasteiger partial charge is 0.327 e. The van der Waals surface area contributed by atoms with Crippen LogP contribution in [0.25, 0.3) is 0 Å². The summed E-state index contributed by atoms with van der Waals surface area (Å²) in [6, 6.07) is 9.32. The molecule has 20 heavy (non-hydrogen) atoms. The first-order valence-electron chi connectivity index (χ1n) is 6.87. The van der Waals surface area contributed by atoms with E-state index in [1.54, 1.807) is 0 Å². The van der Waals surface area contributed by atoms with Gasteiger partial charge < -0.3 is 5.32 Å². The topological polar surface area (TPSA) is 77.8 Å². The number of benzene rings is 1. The Kier molecular flexibility index (Phi) is 4.76. The lowest BCUT2D eigenvalue weighted by Gasteiger charge is -2.07. The maximum Gasteiger partial charge on any atom is 0.327 e. The molecule has 0 aliphatic rings. The normalized spacial score (nSPS) is 10.4. The molecule has 0 radical (unpaired) electrons. The Labute approximate surface area is 117 Å². The van der Waals surface area contributed by atoms with Crippen LogP contribution in [0.3, 0.4) is 0 Å². The van der Waals surface area contributed by atoms with Gasteiger partial charge in [0, 0.05) is 11.8 Å². The molecule has 0 fully saturated rings. The van der Waals surface area contributed by atoms with Crippen molar-refractivity contribution in [3.8, 4) is 0 Å². The lowest BCUT2D eigenvalue weighted by Crippen LogP contribution is -2.22. The molecule has 5 nitrogen and oxygen atoms in total. The molecule has 0 atom stereocenters. The summed E-state index contributed by atoms with van der Waals surface area (Å²) in [5.41, 5.74) is 1.19. The quantitative estimate of drug-likeness (QED) is 0.708. The molecule has 0 spiro atoms. The van der Waals surface area contributed by atoms with Crippen molar-refractivity contribution in [3.63, 3.8) is 0 Å². The van der Waals surface area contributed by atoms with Gasteiger partial charge in [0.1, 0.15) is 5.82 Å². The molecular weight excluding hydrogens is 254 g/mol. The SMILES string of the molecule is CCCCCc1ccc(Nc2cc(=O)[nH]c(=O)[nH]2)cc1. The Morgan fingerprint density at radius 3 is 2.45 bits per heavy atom. The molecule has 1 aromatic carbocycles. The summed E-state index contributed by atoms with van der Waals surface area (Å²) >= 11 is 0. The van der Waals surface area contributed by atoms with Gasteiger partial charge in [-0.25, -0.2) is 4.79 Å². The van der Waals surface area contributed by atoms with Crippen LogP contribution >= 0.6 is 0 Å². The molecule has 0 unspecified atom stereocenters. The molecule has 0 saturated heterocycles. The van der Waals surface area contributed by atoms with Crippen LogP contribution in [-0.4, -0.2) is 9.97 Å². The van der Waals surface area contributed by atoms with Crippen molar-refractivity contribution in [2.24, 2.45) is 0 Å². The molecule has 106 valence electrons. The lowest BCUT2D eigenvalue weighted by molar-refractivity contribution is 0.717. The number of anilines is 2. The van der Waals surface area contributed by atoms with Crippen molar-refractivity contribution in [2.75, 3.05) is 5.32 Å². The van der Waals surface area contributed by atoms with Crippen molar-refractivity contribution < 1.29 is 0 Å². The summed E-state index contributed by atoms with van der Waals surface area (Å²) in [7, 11) is 0. The number of hydrogen-bond donors (Lipinski definition) is 3. The summed E-state index contributed by atoms with van der Waals surface area (Å²) in [5, 5.41) is 3.00. The monoisotopic (exact) mass is 273 g/mol. The number of aryl methyl sites for hydroxylation is 1. The second-order valence-corrected chi connectivity index (χ2v) is 4.78. The Morgan fingerprint density at radius 2 is 1.80 bits per heavy atom. The molecule has 0 aliphatic heterocycles. The minimum atomic E-state index is -0.517. The molecule has 0 amide bonds. The summed E-state index contributed by atoms with van der Waals surface area (Å²) in [6.45, 7) is 2.19. The van der Waals surface area contributed by atoms with Crippen molar-refractivity contribution in [1.29, 1.82) is 0 Å². The van der Waals surface area contributed by atoms with Gasteiger partial charge in [0.2, 0.25) is 0 Å². The standard InChI is InChI=1S/C15H19N3O2/c1-2-3-4-5-11-6-8-12(9-7-11)16-13-10-14(19)18-15(20)17-13/h6-10H,2-5H2,1H3,(H3,16,17,18,19,20). The van der Waals surface area contributed by atoms with E-state index in [9.17, 15) is 9.59 Å². The fourth-order valence-electron chi connectivity index (χ4n) is 2.03. The van der Waals surface area contributed by atoms with E-state index in [0.717, 1.165) is 12.1 Å². The van der Waals surface area contributed by atoms with Crippen LogP contribution < -0.4 is 16.6 Å². The molecule has 5 heteroatoms. The van der Waals surface area contributed by atoms with E-state index in [1.165, 1.54) is 30.9 Å². The van der Waals surface area contributed by atoms with Crippen LogP contribution in [0.4, 0.5) is 11.5 Å². The van der Waals surface area contributed by atoms with E-state index in [2.05, 4.69) is 34.3 Å². The van der Waals surface area contributed by atoms with Gasteiger partial charge in [-0.05, 0) is 30.5 Å². The molecule has 1 aromatic heterocycles. The minimum absolute atomic E-state index is 0.387. The predicted octanol–water partition coefficient (Wildman–Crippen LogP) is 2.54. The molecule has 2 rings (SSSR count). The van der Waals surface area contributed by atoms with Gasteiger partial charge in [-0.3, -0.25) is 14.8 Å². The fourth-order valence-corrected chi connectivity index (χ4v) is 2.03. The highest BCUT2D eigenvalue weighted by Crippen LogP contribution is 2.15. The van der Waals surface area contributed by atoms with E-state index in [1.807, 2.05) is 12.1 Å². The van der Waals surface area contributed by atoms with Gasteiger partial charge in [0.05, 0.1) is 0 Å². The molecule has 3 N–H and O–H groups in total. The van der Waals surface area contributed by atoms with E-state index >= 15 is 0 Å². The number of unbranched alkanes of at least 4 members (excludes halogenated alkanes) is 2. The van der Waals surface area contributed by atoms with Gasteiger partial charge >= 0.3 is 5.69 Å². The number of hydrogen-bond acceptors (Lipinski definition) is 3. The third-order valence-electron chi connectivity index (χ3n) is 3.06. The van der Waals surface area contributed by atoms with Crippen molar-refractivity contribution in [3.05, 3.63) is 56.7 Å². The van der Waals surface area contributed by atoms with Gasteiger partial charge in [-0.15, -0.1) is 0 Å². The van der Waals surface area contributed by atoms with Gasteiger partial charge in [-0.2, -0.15) is 0 Å². The largest absolute Gasteiger partial charge is 0.342 e. The fraction of sp³-hybridized carbons (Fsp3) is 0.333. The van der Waals surface area contributed by atoms with Crippen LogP contribution in [0.2, 0.25) is 0 Å². The average molecular weight is 273 g/mol. The van der Waals surface area contributed by atoms with E-state index in [-0.39, 0.29) is 0 Å². The van der Waals surface area contributed by atoms with Gasteiger partial charge in [0.25, 0.3) is 5.56 Å². The Bertz CT molecular complexity index is 628. The third-order valence-corrected chi connectivity index (χ3v) is 3.06. The lowest BCUT2D eigenvalue weighted by atomic mass is 10.1. The van der Waals surface area contributed by atoms with Crippen molar-refractivity contribution in [2.45, 2.75) is 32.6 Å². The van der Waals surface area contributed by atoms with Crippen LogP contribution in [0.5, 0.6) is 0 Å². The second-order valence-electron chi connectivity index (χ2n) is 4.78. The Balaban J connectivity index is 2.03. The first-order valence-corrected chi connectivity index (χ1v) is 6.87. The van der Waals surface area contributed by atoms with E-state index in [0.29, 0.717) is 5.82 Å². The summed E-state index contributed by atoms with van der Waals surface area (Å²) in [5.74, 6) is 0.387. The van der Waals surface area contributed by atoms with Crippen LogP contribution in [0.1, 0.15) is 31.7 Å². The first kappa shape index (κ1) is 14.1. The first-order chi connectivity index (χ1) is 9.67. The molecule has 0 aliphatic carbocycles. The zero-order chi connectivity index (χ0) is 14.4. The molecular formula is C15H19N3O2. The number of rotatable bonds is 6. The number of aromatic nitrogens is 2. The zero-order valence-corrected chi connectivity index (χ0v) is 11.5. The minimum Gasteiger partial charge on any atom is -0.342 e. The highest BCUT2D eigenvalue weighted by atomic mass is 16.2. The summed E-state index contributed by atoms with van der Waals surface area (Å²) in [6.07, 6.45) is 4.74. The second kappa shape index (κ2) is 6.75. The van der Waals surface area contributed by atoms with Crippen molar-refractivity contribution >= 4 is 11.5 Å². The van der Waals surface area contributed by atoms with E-state index in [4.69, 9.17) is 0 Å². The molecule has 0 bridgehead atoms. The maximum atomic E-state index is 11.2. The zero-order valence-electron chi connectivity index (χ0n) is 11.5. The summed E-state index contributed by atoms with van der Waals surface area (Å²) in [4.78, 5) is 27.0. The third kappa shape index (κ3) is 4.12. The van der Waals surface area contributed by atoms with Crippen LogP contribution in [0.15, 0.2) is 39.9 Å². The summed E-state index contributed by atoms with van der Waals surface area (Å²) < 4.78 is 0. The van der Waals surface area contributed by atoms with Crippen LogP contribution in [-0.2, 0) is 6.42 Å². The maximum absolute atomic E-state index is 11.2. The van der Waals surface area contributed by atoms with Crippen molar-refractivity contribution in [1.82, 2.24) is 9.97 Å². The predicted molar refractivity (Wildman–Crippen MR) is 80.6 cm³/mol. The average Bonchev–Trinajstić information content (AvgIpc) is 2.40. The van der Waals surface area contributed by atoms with E-state index < -0.39 is 11.2 Å².